The van der Waals surface area contributed by atoms with E-state index in [0.29, 0.717) is 18.0 Å². The Labute approximate surface area is 121 Å². The van der Waals surface area contributed by atoms with Gasteiger partial charge in [-0.25, -0.2) is 4.79 Å². The van der Waals surface area contributed by atoms with E-state index in [0.717, 1.165) is 0 Å². The molecule has 0 spiro atoms. The molecule has 0 radical (unpaired) electrons. The summed E-state index contributed by atoms with van der Waals surface area (Å²) < 4.78 is 9.65. The number of rotatable bonds is 5. The second-order valence-corrected chi connectivity index (χ2v) is 4.58. The molecule has 1 saturated heterocycles. The standard InChI is InChI=1S/C14H16N2O5/c1-20-13(18)8-21-11-4-2-10(3-5-11)16-14(19)9-6-12(17)15-7-9/h2-5,9H,6-8H2,1H3,(H,15,17)(H,16,19). The smallest absolute Gasteiger partial charge is 0.343 e. The molecule has 1 aromatic rings. The summed E-state index contributed by atoms with van der Waals surface area (Å²) in [6.07, 6.45) is 0.214. The Hall–Kier alpha value is -2.57. The van der Waals surface area contributed by atoms with Crippen molar-refractivity contribution >= 4 is 23.5 Å². The number of ether oxygens (including phenoxy) is 2. The lowest BCUT2D eigenvalue weighted by molar-refractivity contribution is -0.142. The van der Waals surface area contributed by atoms with E-state index in [4.69, 9.17) is 4.74 Å². The maximum absolute atomic E-state index is 11.9. The van der Waals surface area contributed by atoms with Crippen LogP contribution in [0.15, 0.2) is 24.3 Å². The molecule has 112 valence electrons. The average Bonchev–Trinajstić information content (AvgIpc) is 2.93. The Morgan fingerprint density at radius 1 is 1.33 bits per heavy atom. The zero-order valence-corrected chi connectivity index (χ0v) is 11.5. The van der Waals surface area contributed by atoms with Crippen LogP contribution in [-0.2, 0) is 19.1 Å². The minimum Gasteiger partial charge on any atom is -0.482 e. The zero-order chi connectivity index (χ0) is 15.2. The number of methoxy groups -OCH3 is 1. The van der Waals surface area contributed by atoms with E-state index in [9.17, 15) is 14.4 Å². The third-order valence-corrected chi connectivity index (χ3v) is 3.05. The lowest BCUT2D eigenvalue weighted by Crippen LogP contribution is -2.24. The summed E-state index contributed by atoms with van der Waals surface area (Å²) in [7, 11) is 1.28. The van der Waals surface area contributed by atoms with Crippen LogP contribution in [0.3, 0.4) is 0 Å². The van der Waals surface area contributed by atoms with Crippen molar-refractivity contribution in [3.05, 3.63) is 24.3 Å². The highest BCUT2D eigenvalue weighted by atomic mass is 16.6. The molecule has 0 bridgehead atoms. The first-order valence-electron chi connectivity index (χ1n) is 6.45. The summed E-state index contributed by atoms with van der Waals surface area (Å²) in [6, 6.07) is 6.59. The van der Waals surface area contributed by atoms with E-state index in [1.165, 1.54) is 7.11 Å². The largest absolute Gasteiger partial charge is 0.482 e. The molecule has 1 atom stereocenters. The van der Waals surface area contributed by atoms with Crippen molar-refractivity contribution in [2.24, 2.45) is 5.92 Å². The van der Waals surface area contributed by atoms with Crippen LogP contribution < -0.4 is 15.4 Å². The molecule has 1 heterocycles. The van der Waals surface area contributed by atoms with E-state index in [2.05, 4.69) is 15.4 Å². The van der Waals surface area contributed by atoms with Crippen LogP contribution in [0.25, 0.3) is 0 Å². The normalized spacial score (nSPS) is 17.0. The molecule has 2 rings (SSSR count). The first kappa shape index (κ1) is 14.8. The maximum Gasteiger partial charge on any atom is 0.343 e. The van der Waals surface area contributed by atoms with Crippen molar-refractivity contribution in [3.63, 3.8) is 0 Å². The Bertz CT molecular complexity index is 541. The molecule has 2 N–H and O–H groups in total. The fraction of sp³-hybridized carbons (Fsp3) is 0.357. The SMILES string of the molecule is COC(=O)COc1ccc(NC(=O)C2CNC(=O)C2)cc1. The van der Waals surface area contributed by atoms with Crippen molar-refractivity contribution in [3.8, 4) is 5.75 Å². The monoisotopic (exact) mass is 292 g/mol. The molecule has 7 heteroatoms. The molecule has 21 heavy (non-hydrogen) atoms. The number of esters is 1. The van der Waals surface area contributed by atoms with Crippen LogP contribution >= 0.6 is 0 Å². The molecular weight excluding hydrogens is 276 g/mol. The van der Waals surface area contributed by atoms with Crippen LogP contribution in [-0.4, -0.2) is 38.0 Å². The van der Waals surface area contributed by atoms with Gasteiger partial charge in [0.15, 0.2) is 6.61 Å². The second kappa shape index (κ2) is 6.74. The highest BCUT2D eigenvalue weighted by Crippen LogP contribution is 2.18. The number of benzene rings is 1. The van der Waals surface area contributed by atoms with E-state index in [-0.39, 0.29) is 30.8 Å². The van der Waals surface area contributed by atoms with Crippen molar-refractivity contribution in [2.75, 3.05) is 25.6 Å². The van der Waals surface area contributed by atoms with Gasteiger partial charge in [-0.05, 0) is 24.3 Å². The van der Waals surface area contributed by atoms with Crippen LogP contribution in [0.1, 0.15) is 6.42 Å². The Balaban J connectivity index is 1.86. The van der Waals surface area contributed by atoms with E-state index in [1.807, 2.05) is 0 Å². The summed E-state index contributed by atoms with van der Waals surface area (Å²) in [5.74, 6) is -0.618. The molecule has 1 aliphatic rings. The van der Waals surface area contributed by atoms with Crippen LogP contribution in [0, 0.1) is 5.92 Å². The van der Waals surface area contributed by atoms with E-state index >= 15 is 0 Å². The topological polar surface area (TPSA) is 93.7 Å². The molecule has 2 amide bonds. The van der Waals surface area contributed by atoms with Crippen LogP contribution in [0.5, 0.6) is 5.75 Å². The van der Waals surface area contributed by atoms with Crippen molar-refractivity contribution < 1.29 is 23.9 Å². The highest BCUT2D eigenvalue weighted by molar-refractivity contribution is 5.97. The summed E-state index contributed by atoms with van der Waals surface area (Å²) >= 11 is 0. The summed E-state index contributed by atoms with van der Waals surface area (Å²) in [4.78, 5) is 33.9. The molecule has 1 aliphatic heterocycles. The van der Waals surface area contributed by atoms with Gasteiger partial charge in [0.05, 0.1) is 13.0 Å². The van der Waals surface area contributed by atoms with Gasteiger partial charge in [-0.3, -0.25) is 9.59 Å². The number of carbonyl (C=O) groups is 3. The van der Waals surface area contributed by atoms with E-state index < -0.39 is 5.97 Å². The molecule has 0 aliphatic carbocycles. The van der Waals surface area contributed by atoms with E-state index in [1.54, 1.807) is 24.3 Å². The fourth-order valence-electron chi connectivity index (χ4n) is 1.87. The molecule has 0 aromatic heterocycles. The predicted molar refractivity (Wildman–Crippen MR) is 73.7 cm³/mol. The van der Waals surface area contributed by atoms with Crippen LogP contribution in [0.4, 0.5) is 5.69 Å². The Kier molecular flexibility index (Phi) is 4.76. The quantitative estimate of drug-likeness (QED) is 0.762. The number of anilines is 1. The number of hydrogen-bond donors (Lipinski definition) is 2. The van der Waals surface area contributed by atoms with Gasteiger partial charge in [-0.15, -0.1) is 0 Å². The van der Waals surface area contributed by atoms with Gasteiger partial charge in [-0.1, -0.05) is 0 Å². The second-order valence-electron chi connectivity index (χ2n) is 4.58. The Morgan fingerprint density at radius 3 is 2.62 bits per heavy atom. The molecule has 0 saturated carbocycles. The number of amides is 2. The van der Waals surface area contributed by atoms with Gasteiger partial charge in [0.2, 0.25) is 11.8 Å². The minimum absolute atomic E-state index is 0.110. The van der Waals surface area contributed by atoms with Gasteiger partial charge < -0.3 is 20.1 Å². The molecular formula is C14H16N2O5. The minimum atomic E-state index is -0.467. The van der Waals surface area contributed by atoms with Crippen molar-refractivity contribution in [1.82, 2.24) is 5.32 Å². The van der Waals surface area contributed by atoms with Gasteiger partial charge >= 0.3 is 5.97 Å². The number of nitrogens with one attached hydrogen (secondary N) is 2. The highest BCUT2D eigenvalue weighted by Gasteiger charge is 2.27. The van der Waals surface area contributed by atoms with Gasteiger partial charge in [0.1, 0.15) is 5.75 Å². The first-order chi connectivity index (χ1) is 10.1. The molecule has 7 nitrogen and oxygen atoms in total. The molecule has 1 aromatic carbocycles. The van der Waals surface area contributed by atoms with Gasteiger partial charge in [-0.2, -0.15) is 0 Å². The Morgan fingerprint density at radius 2 is 2.05 bits per heavy atom. The lowest BCUT2D eigenvalue weighted by Gasteiger charge is -2.10. The summed E-state index contributed by atoms with van der Waals surface area (Å²) in [5.41, 5.74) is 0.602. The predicted octanol–water partition coefficient (Wildman–Crippen LogP) is 0.313. The molecule has 1 unspecified atom stereocenters. The summed E-state index contributed by atoms with van der Waals surface area (Å²) in [6.45, 7) is 0.197. The number of hydrogen-bond acceptors (Lipinski definition) is 5. The fourth-order valence-corrected chi connectivity index (χ4v) is 1.87. The van der Waals surface area contributed by atoms with Crippen LogP contribution in [0.2, 0.25) is 0 Å². The maximum atomic E-state index is 11.9. The average molecular weight is 292 g/mol. The van der Waals surface area contributed by atoms with Gasteiger partial charge in [0, 0.05) is 18.7 Å². The third-order valence-electron chi connectivity index (χ3n) is 3.05. The molecule has 1 fully saturated rings. The summed E-state index contributed by atoms with van der Waals surface area (Å²) in [5, 5.41) is 5.34. The first-order valence-corrected chi connectivity index (χ1v) is 6.45. The van der Waals surface area contributed by atoms with Crippen molar-refractivity contribution in [2.45, 2.75) is 6.42 Å². The van der Waals surface area contributed by atoms with Gasteiger partial charge in [0.25, 0.3) is 0 Å². The van der Waals surface area contributed by atoms with Crippen molar-refractivity contribution in [1.29, 1.82) is 0 Å². The zero-order valence-electron chi connectivity index (χ0n) is 11.5. The number of carbonyl (C=O) groups excluding carboxylic acids is 3. The third kappa shape index (κ3) is 4.20. The lowest BCUT2D eigenvalue weighted by atomic mass is 10.1.